The van der Waals surface area contributed by atoms with Gasteiger partial charge in [-0.25, -0.2) is 0 Å². The predicted molar refractivity (Wildman–Crippen MR) is 83.6 cm³/mol. The molecule has 0 aliphatic rings. The van der Waals surface area contributed by atoms with Crippen LogP contribution in [0.5, 0.6) is 11.5 Å². The van der Waals surface area contributed by atoms with E-state index in [9.17, 15) is 4.79 Å². The van der Waals surface area contributed by atoms with Crippen molar-refractivity contribution in [2.75, 3.05) is 20.0 Å². The number of rotatable bonds is 4. The molecule has 2 N–H and O–H groups in total. The highest BCUT2D eigenvalue weighted by Crippen LogP contribution is 2.34. The van der Waals surface area contributed by atoms with Crippen molar-refractivity contribution in [2.45, 2.75) is 6.92 Å². The maximum absolute atomic E-state index is 12.6. The molecular weight excluding hydrogens is 290 g/mol. The van der Waals surface area contributed by atoms with Gasteiger partial charge in [-0.05, 0) is 36.8 Å². The summed E-state index contributed by atoms with van der Waals surface area (Å²) < 4.78 is 10.4. The largest absolute Gasteiger partial charge is 0.493 e. The summed E-state index contributed by atoms with van der Waals surface area (Å²) in [5.74, 6) is 0.713. The van der Waals surface area contributed by atoms with Crippen molar-refractivity contribution in [1.29, 1.82) is 0 Å². The van der Waals surface area contributed by atoms with Gasteiger partial charge in [0.25, 0.3) is 0 Å². The molecule has 0 spiro atoms. The fraction of sp³-hybridized carbons (Fsp3) is 0.188. The van der Waals surface area contributed by atoms with Gasteiger partial charge in [0.05, 0.1) is 19.2 Å². The molecule has 4 nitrogen and oxygen atoms in total. The molecule has 0 aliphatic heterocycles. The van der Waals surface area contributed by atoms with Gasteiger partial charge in [0.2, 0.25) is 0 Å². The lowest BCUT2D eigenvalue weighted by atomic mass is 10.0. The van der Waals surface area contributed by atoms with E-state index in [1.54, 1.807) is 30.3 Å². The summed E-state index contributed by atoms with van der Waals surface area (Å²) in [4.78, 5) is 12.6. The molecule has 0 unspecified atom stereocenters. The molecule has 0 aromatic heterocycles. The molecule has 2 aromatic carbocycles. The second-order valence-corrected chi connectivity index (χ2v) is 5.06. The molecule has 0 atom stereocenters. The average Bonchev–Trinajstić information content (AvgIpc) is 2.45. The second-order valence-electron chi connectivity index (χ2n) is 4.65. The zero-order valence-electron chi connectivity index (χ0n) is 12.1. The maximum Gasteiger partial charge on any atom is 0.194 e. The van der Waals surface area contributed by atoms with Crippen LogP contribution < -0.4 is 15.2 Å². The Morgan fingerprint density at radius 3 is 2.24 bits per heavy atom. The van der Waals surface area contributed by atoms with Gasteiger partial charge in [0.15, 0.2) is 17.3 Å². The first kappa shape index (κ1) is 15.2. The van der Waals surface area contributed by atoms with Crippen LogP contribution in [0.4, 0.5) is 5.69 Å². The first-order valence-electron chi connectivity index (χ1n) is 6.29. The molecule has 110 valence electrons. The molecule has 0 radical (unpaired) electrons. The molecular formula is C16H16ClNO3. The third-order valence-corrected chi connectivity index (χ3v) is 3.39. The number of carbonyl (C=O) groups excluding carboxylic acids is 1. The molecule has 5 heteroatoms. The Hall–Kier alpha value is -2.20. The van der Waals surface area contributed by atoms with Crippen LogP contribution in [0.15, 0.2) is 30.3 Å². The Labute approximate surface area is 128 Å². The summed E-state index contributed by atoms with van der Waals surface area (Å²) in [5, 5.41) is 0.303. The topological polar surface area (TPSA) is 61.5 Å². The molecule has 2 rings (SSSR count). The lowest BCUT2D eigenvalue weighted by molar-refractivity contribution is 0.103. The van der Waals surface area contributed by atoms with E-state index < -0.39 is 0 Å². The van der Waals surface area contributed by atoms with E-state index in [4.69, 9.17) is 26.8 Å². The highest BCUT2D eigenvalue weighted by Gasteiger charge is 2.17. The van der Waals surface area contributed by atoms with Gasteiger partial charge in [-0.3, -0.25) is 4.79 Å². The molecule has 0 heterocycles. The highest BCUT2D eigenvalue weighted by molar-refractivity contribution is 6.35. The van der Waals surface area contributed by atoms with Crippen molar-refractivity contribution in [3.8, 4) is 11.5 Å². The number of ketones is 1. The summed E-state index contributed by atoms with van der Waals surface area (Å²) in [6.45, 7) is 1.88. The Morgan fingerprint density at radius 2 is 1.67 bits per heavy atom. The number of methoxy groups -OCH3 is 2. The van der Waals surface area contributed by atoms with Gasteiger partial charge >= 0.3 is 0 Å². The zero-order valence-corrected chi connectivity index (χ0v) is 12.8. The first-order chi connectivity index (χ1) is 9.96. The standard InChI is InChI=1S/C16H16ClNO3/c1-9-4-10(6-11(18)5-9)16(19)12-7-14(20-2)15(21-3)8-13(12)17/h4-8H,18H2,1-3H3. The Morgan fingerprint density at radius 1 is 1.05 bits per heavy atom. The smallest absolute Gasteiger partial charge is 0.194 e. The second kappa shape index (κ2) is 6.06. The molecule has 0 aliphatic carbocycles. The van der Waals surface area contributed by atoms with Gasteiger partial charge in [0, 0.05) is 22.9 Å². The minimum Gasteiger partial charge on any atom is -0.493 e. The molecule has 0 amide bonds. The van der Waals surface area contributed by atoms with Crippen LogP contribution in [0.1, 0.15) is 21.5 Å². The number of anilines is 1. The van der Waals surface area contributed by atoms with E-state index >= 15 is 0 Å². The Kier molecular flexibility index (Phi) is 4.38. The van der Waals surface area contributed by atoms with E-state index in [1.807, 2.05) is 6.92 Å². The summed E-state index contributed by atoms with van der Waals surface area (Å²) in [6, 6.07) is 8.33. The van der Waals surface area contributed by atoms with Crippen molar-refractivity contribution in [1.82, 2.24) is 0 Å². The number of hydrogen-bond donors (Lipinski definition) is 1. The number of benzene rings is 2. The van der Waals surface area contributed by atoms with Gasteiger partial charge in [-0.1, -0.05) is 11.6 Å². The average molecular weight is 306 g/mol. The number of carbonyl (C=O) groups is 1. The van der Waals surface area contributed by atoms with Crippen LogP contribution >= 0.6 is 11.6 Å². The molecule has 0 saturated heterocycles. The van der Waals surface area contributed by atoms with E-state index in [1.165, 1.54) is 14.2 Å². The maximum atomic E-state index is 12.6. The number of nitrogens with two attached hydrogens (primary N) is 1. The van der Waals surface area contributed by atoms with Crippen LogP contribution in [0.3, 0.4) is 0 Å². The number of hydrogen-bond acceptors (Lipinski definition) is 4. The monoisotopic (exact) mass is 305 g/mol. The van der Waals surface area contributed by atoms with Gasteiger partial charge in [0.1, 0.15) is 0 Å². The molecule has 21 heavy (non-hydrogen) atoms. The van der Waals surface area contributed by atoms with Crippen molar-refractivity contribution >= 4 is 23.1 Å². The highest BCUT2D eigenvalue weighted by atomic mass is 35.5. The third-order valence-electron chi connectivity index (χ3n) is 3.08. The zero-order chi connectivity index (χ0) is 15.6. The van der Waals surface area contributed by atoms with Crippen molar-refractivity contribution in [3.05, 3.63) is 52.0 Å². The van der Waals surface area contributed by atoms with Crippen LogP contribution in [0.2, 0.25) is 5.02 Å². The number of aryl methyl sites for hydroxylation is 1. The molecule has 0 bridgehead atoms. The van der Waals surface area contributed by atoms with Gasteiger partial charge < -0.3 is 15.2 Å². The van der Waals surface area contributed by atoms with Crippen LogP contribution in [0, 0.1) is 6.92 Å². The van der Waals surface area contributed by atoms with E-state index in [-0.39, 0.29) is 5.78 Å². The molecule has 0 fully saturated rings. The fourth-order valence-electron chi connectivity index (χ4n) is 2.13. The van der Waals surface area contributed by atoms with Crippen molar-refractivity contribution < 1.29 is 14.3 Å². The minimum atomic E-state index is -0.212. The minimum absolute atomic E-state index is 0.212. The first-order valence-corrected chi connectivity index (χ1v) is 6.67. The summed E-state index contributed by atoms with van der Waals surface area (Å²) >= 11 is 6.17. The van der Waals surface area contributed by atoms with E-state index in [0.717, 1.165) is 5.56 Å². The third kappa shape index (κ3) is 3.11. The fourth-order valence-corrected chi connectivity index (χ4v) is 2.37. The van der Waals surface area contributed by atoms with E-state index in [2.05, 4.69) is 0 Å². The molecule has 2 aromatic rings. The van der Waals surface area contributed by atoms with Crippen molar-refractivity contribution in [3.63, 3.8) is 0 Å². The summed E-state index contributed by atoms with van der Waals surface area (Å²) in [6.07, 6.45) is 0. The number of halogens is 1. The van der Waals surface area contributed by atoms with Crippen molar-refractivity contribution in [2.24, 2.45) is 0 Å². The van der Waals surface area contributed by atoms with Gasteiger partial charge in [-0.2, -0.15) is 0 Å². The SMILES string of the molecule is COc1cc(Cl)c(C(=O)c2cc(C)cc(N)c2)cc1OC. The summed E-state index contributed by atoms with van der Waals surface area (Å²) in [5.41, 5.74) is 8.07. The van der Waals surface area contributed by atoms with E-state index in [0.29, 0.717) is 33.3 Å². The predicted octanol–water partition coefficient (Wildman–Crippen LogP) is 3.48. The quantitative estimate of drug-likeness (QED) is 0.694. The lowest BCUT2D eigenvalue weighted by Crippen LogP contribution is -2.05. The van der Waals surface area contributed by atoms with Crippen LogP contribution in [-0.2, 0) is 0 Å². The summed E-state index contributed by atoms with van der Waals surface area (Å²) in [7, 11) is 3.02. The number of nitrogen functional groups attached to an aromatic ring is 1. The number of ether oxygens (including phenoxy) is 2. The van der Waals surface area contributed by atoms with Crippen LogP contribution in [0.25, 0.3) is 0 Å². The Bertz CT molecular complexity index is 678. The van der Waals surface area contributed by atoms with Crippen LogP contribution in [-0.4, -0.2) is 20.0 Å². The van der Waals surface area contributed by atoms with Gasteiger partial charge in [-0.15, -0.1) is 0 Å². The normalized spacial score (nSPS) is 10.3. The lowest BCUT2D eigenvalue weighted by Gasteiger charge is -2.11. The molecule has 0 saturated carbocycles. The Balaban J connectivity index is 2.52.